The molecular formula is C14H21ClN2O3S. The summed E-state index contributed by atoms with van der Waals surface area (Å²) in [7, 11) is -3.70. The standard InChI is InChI=1S/C14H21ClN2O3S/c1-9-12(16)6-11(15)7-14(9)21(19,20)17-13-5-3-2-4-10(13)8-18/h6-7,10,13,17-18H,2-5,8,16H2,1H3. The van der Waals surface area contributed by atoms with E-state index in [1.165, 1.54) is 12.1 Å². The molecule has 0 aromatic heterocycles. The summed E-state index contributed by atoms with van der Waals surface area (Å²) in [6.07, 6.45) is 3.55. The summed E-state index contributed by atoms with van der Waals surface area (Å²) in [4.78, 5) is 0.106. The van der Waals surface area contributed by atoms with Gasteiger partial charge in [0.05, 0.1) is 4.90 Å². The zero-order valence-corrected chi connectivity index (χ0v) is 13.5. The molecule has 0 bridgehead atoms. The number of sulfonamides is 1. The van der Waals surface area contributed by atoms with Gasteiger partial charge in [-0.3, -0.25) is 0 Å². The van der Waals surface area contributed by atoms with E-state index >= 15 is 0 Å². The number of benzene rings is 1. The van der Waals surface area contributed by atoms with Gasteiger partial charge in [-0.1, -0.05) is 24.4 Å². The van der Waals surface area contributed by atoms with Crippen LogP contribution in [0.1, 0.15) is 31.2 Å². The van der Waals surface area contributed by atoms with Gasteiger partial charge < -0.3 is 10.8 Å². The fourth-order valence-corrected chi connectivity index (χ4v) is 4.73. The van der Waals surface area contributed by atoms with E-state index in [0.717, 1.165) is 25.7 Å². The Bertz CT molecular complexity index is 619. The second kappa shape index (κ2) is 6.52. The van der Waals surface area contributed by atoms with Crippen LogP contribution in [0.5, 0.6) is 0 Å². The molecule has 0 heterocycles. The quantitative estimate of drug-likeness (QED) is 0.736. The Morgan fingerprint density at radius 1 is 1.38 bits per heavy atom. The molecule has 4 N–H and O–H groups in total. The average Bonchev–Trinajstić information content (AvgIpc) is 2.43. The van der Waals surface area contributed by atoms with Crippen molar-refractivity contribution in [1.82, 2.24) is 4.72 Å². The first-order valence-corrected chi connectivity index (χ1v) is 8.90. The second-order valence-electron chi connectivity index (χ2n) is 5.57. The molecule has 0 saturated heterocycles. The summed E-state index contributed by atoms with van der Waals surface area (Å²) >= 11 is 5.91. The van der Waals surface area contributed by atoms with E-state index in [-0.39, 0.29) is 23.5 Å². The number of halogens is 1. The van der Waals surface area contributed by atoms with Gasteiger partial charge in [0, 0.05) is 23.4 Å². The zero-order chi connectivity index (χ0) is 15.6. The number of nitrogens with one attached hydrogen (secondary N) is 1. The molecule has 21 heavy (non-hydrogen) atoms. The molecule has 2 unspecified atom stereocenters. The number of nitrogen functional groups attached to an aromatic ring is 1. The van der Waals surface area contributed by atoms with Crippen molar-refractivity contribution >= 4 is 27.3 Å². The van der Waals surface area contributed by atoms with E-state index in [1.54, 1.807) is 6.92 Å². The van der Waals surface area contributed by atoms with Crippen LogP contribution in [-0.2, 0) is 10.0 Å². The molecule has 2 rings (SSSR count). The van der Waals surface area contributed by atoms with Gasteiger partial charge in [0.15, 0.2) is 0 Å². The van der Waals surface area contributed by atoms with Crippen LogP contribution in [0.15, 0.2) is 17.0 Å². The first kappa shape index (κ1) is 16.5. The summed E-state index contributed by atoms with van der Waals surface area (Å²) in [5, 5.41) is 9.69. The van der Waals surface area contributed by atoms with Crippen LogP contribution in [0.25, 0.3) is 0 Å². The Labute approximate surface area is 130 Å². The van der Waals surface area contributed by atoms with Crippen LogP contribution in [0.2, 0.25) is 5.02 Å². The molecule has 1 fully saturated rings. The SMILES string of the molecule is Cc1c(N)cc(Cl)cc1S(=O)(=O)NC1CCCCC1CO. The maximum atomic E-state index is 12.6. The van der Waals surface area contributed by atoms with Gasteiger partial charge in [0.2, 0.25) is 10.0 Å². The third-order valence-electron chi connectivity index (χ3n) is 4.10. The number of hydrogen-bond donors (Lipinski definition) is 3. The van der Waals surface area contributed by atoms with Gasteiger partial charge in [-0.05, 0) is 43.4 Å². The van der Waals surface area contributed by atoms with Crippen molar-refractivity contribution in [3.63, 3.8) is 0 Å². The largest absolute Gasteiger partial charge is 0.398 e. The zero-order valence-electron chi connectivity index (χ0n) is 12.0. The highest BCUT2D eigenvalue weighted by molar-refractivity contribution is 7.89. The minimum absolute atomic E-state index is 0.0101. The third-order valence-corrected chi connectivity index (χ3v) is 5.94. The summed E-state index contributed by atoms with van der Waals surface area (Å²) in [6.45, 7) is 1.65. The molecule has 1 aliphatic rings. The second-order valence-corrected chi connectivity index (χ2v) is 7.69. The monoisotopic (exact) mass is 332 g/mol. The predicted molar refractivity (Wildman–Crippen MR) is 83.8 cm³/mol. The Hall–Kier alpha value is -0.820. The summed E-state index contributed by atoms with van der Waals surface area (Å²) < 4.78 is 27.9. The van der Waals surface area contributed by atoms with E-state index in [9.17, 15) is 13.5 Å². The van der Waals surface area contributed by atoms with Crippen molar-refractivity contribution in [2.75, 3.05) is 12.3 Å². The number of rotatable bonds is 4. The molecule has 1 aliphatic carbocycles. The lowest BCUT2D eigenvalue weighted by Gasteiger charge is -2.30. The van der Waals surface area contributed by atoms with E-state index in [0.29, 0.717) is 16.3 Å². The fourth-order valence-electron chi connectivity index (χ4n) is 2.80. The normalized spacial score (nSPS) is 23.2. The van der Waals surface area contributed by atoms with Crippen LogP contribution >= 0.6 is 11.6 Å². The van der Waals surface area contributed by atoms with Gasteiger partial charge in [-0.15, -0.1) is 0 Å². The summed E-state index contributed by atoms with van der Waals surface area (Å²) in [6, 6.07) is 2.70. The molecule has 1 aromatic carbocycles. The first-order chi connectivity index (χ1) is 9.85. The van der Waals surface area contributed by atoms with E-state index in [4.69, 9.17) is 17.3 Å². The number of aliphatic hydroxyl groups excluding tert-OH is 1. The van der Waals surface area contributed by atoms with E-state index < -0.39 is 10.0 Å². The minimum Gasteiger partial charge on any atom is -0.398 e. The third kappa shape index (κ3) is 3.69. The highest BCUT2D eigenvalue weighted by atomic mass is 35.5. The molecule has 2 atom stereocenters. The lowest BCUT2D eigenvalue weighted by molar-refractivity contribution is 0.164. The summed E-state index contributed by atoms with van der Waals surface area (Å²) in [5.74, 6) is -0.0367. The molecule has 0 amide bonds. The van der Waals surface area contributed by atoms with Gasteiger partial charge in [0.1, 0.15) is 0 Å². The lowest BCUT2D eigenvalue weighted by atomic mass is 9.86. The average molecular weight is 333 g/mol. The van der Waals surface area contributed by atoms with Crippen molar-refractivity contribution in [1.29, 1.82) is 0 Å². The van der Waals surface area contributed by atoms with Crippen LogP contribution in [0.3, 0.4) is 0 Å². The number of anilines is 1. The summed E-state index contributed by atoms with van der Waals surface area (Å²) in [5.41, 5.74) is 6.63. The highest BCUT2D eigenvalue weighted by Crippen LogP contribution is 2.29. The van der Waals surface area contributed by atoms with Crippen LogP contribution in [0, 0.1) is 12.8 Å². The van der Waals surface area contributed by atoms with Gasteiger partial charge in [0.25, 0.3) is 0 Å². The molecule has 0 aliphatic heterocycles. The Kier molecular flexibility index (Phi) is 5.14. The smallest absolute Gasteiger partial charge is 0.241 e. The fraction of sp³-hybridized carbons (Fsp3) is 0.571. The minimum atomic E-state index is -3.70. The van der Waals surface area contributed by atoms with Crippen LogP contribution < -0.4 is 10.5 Å². The topological polar surface area (TPSA) is 92.4 Å². The van der Waals surface area contributed by atoms with Gasteiger partial charge in [-0.2, -0.15) is 0 Å². The van der Waals surface area contributed by atoms with Gasteiger partial charge in [-0.25, -0.2) is 13.1 Å². The van der Waals surface area contributed by atoms with Crippen molar-refractivity contribution < 1.29 is 13.5 Å². The van der Waals surface area contributed by atoms with Gasteiger partial charge >= 0.3 is 0 Å². The first-order valence-electron chi connectivity index (χ1n) is 7.04. The van der Waals surface area contributed by atoms with E-state index in [2.05, 4.69) is 4.72 Å². The molecule has 0 radical (unpaired) electrons. The van der Waals surface area contributed by atoms with Crippen molar-refractivity contribution in [2.24, 2.45) is 5.92 Å². The molecule has 7 heteroatoms. The molecule has 0 spiro atoms. The number of hydrogen-bond acceptors (Lipinski definition) is 4. The Morgan fingerprint density at radius 3 is 2.71 bits per heavy atom. The van der Waals surface area contributed by atoms with Crippen molar-refractivity contribution in [3.8, 4) is 0 Å². The number of nitrogens with two attached hydrogens (primary N) is 1. The Balaban J connectivity index is 2.30. The molecule has 1 aromatic rings. The molecule has 1 saturated carbocycles. The molecular weight excluding hydrogens is 312 g/mol. The van der Waals surface area contributed by atoms with Crippen LogP contribution in [-0.4, -0.2) is 26.2 Å². The Morgan fingerprint density at radius 2 is 2.05 bits per heavy atom. The predicted octanol–water partition coefficient (Wildman–Crippen LogP) is 2.06. The van der Waals surface area contributed by atoms with Crippen LogP contribution in [0.4, 0.5) is 5.69 Å². The molecule has 5 nitrogen and oxygen atoms in total. The lowest BCUT2D eigenvalue weighted by Crippen LogP contribution is -2.43. The van der Waals surface area contributed by atoms with Crippen molar-refractivity contribution in [2.45, 2.75) is 43.5 Å². The van der Waals surface area contributed by atoms with Crippen molar-refractivity contribution in [3.05, 3.63) is 22.7 Å². The maximum Gasteiger partial charge on any atom is 0.241 e. The maximum absolute atomic E-state index is 12.6. The molecule has 118 valence electrons. The van der Waals surface area contributed by atoms with E-state index in [1.807, 2.05) is 0 Å². The highest BCUT2D eigenvalue weighted by Gasteiger charge is 2.30. The number of aliphatic hydroxyl groups is 1.